The van der Waals surface area contributed by atoms with Crippen LogP contribution in [0.5, 0.6) is 17.2 Å². The Bertz CT molecular complexity index is 873. The summed E-state index contributed by atoms with van der Waals surface area (Å²) in [4.78, 5) is 12.0. The van der Waals surface area contributed by atoms with Crippen LogP contribution in [0.4, 0.5) is 0 Å². The maximum Gasteiger partial charge on any atom is 0.258 e. The molecule has 0 radical (unpaired) electrons. The Balaban J connectivity index is 1.44. The summed E-state index contributed by atoms with van der Waals surface area (Å²) in [5.41, 5.74) is 0. The fraction of sp³-hybridized carbons (Fsp3) is 0.190. The van der Waals surface area contributed by atoms with E-state index in [1.807, 2.05) is 66.7 Å². The second-order valence-electron chi connectivity index (χ2n) is 5.62. The monoisotopic (exact) mass is 351 g/mol. The Morgan fingerprint density at radius 2 is 1.54 bits per heavy atom. The van der Waals surface area contributed by atoms with Gasteiger partial charge in [0.1, 0.15) is 12.4 Å². The van der Waals surface area contributed by atoms with Crippen LogP contribution in [0.15, 0.2) is 66.7 Å². The molecule has 3 rings (SSSR count). The average molecular weight is 351 g/mol. The van der Waals surface area contributed by atoms with Gasteiger partial charge in [-0.15, -0.1) is 0 Å². The molecule has 0 bridgehead atoms. The van der Waals surface area contributed by atoms with Crippen LogP contribution in [0, 0.1) is 0 Å². The van der Waals surface area contributed by atoms with Gasteiger partial charge in [0, 0.05) is 5.39 Å². The highest BCUT2D eigenvalue weighted by Gasteiger charge is 2.06. The summed E-state index contributed by atoms with van der Waals surface area (Å²) < 4.78 is 16.5. The molecule has 1 N–H and O–H groups in total. The minimum atomic E-state index is -0.193. The highest BCUT2D eigenvalue weighted by molar-refractivity contribution is 5.88. The second kappa shape index (κ2) is 8.76. The summed E-state index contributed by atoms with van der Waals surface area (Å²) >= 11 is 0. The van der Waals surface area contributed by atoms with Crippen LogP contribution in [0.2, 0.25) is 0 Å². The van der Waals surface area contributed by atoms with Crippen LogP contribution < -0.4 is 19.5 Å². The van der Waals surface area contributed by atoms with Crippen molar-refractivity contribution in [2.24, 2.45) is 0 Å². The van der Waals surface area contributed by atoms with Gasteiger partial charge in [0.25, 0.3) is 5.91 Å². The number of amides is 1. The maximum absolute atomic E-state index is 12.0. The van der Waals surface area contributed by atoms with Gasteiger partial charge in [-0.05, 0) is 23.6 Å². The highest BCUT2D eigenvalue weighted by atomic mass is 16.5. The van der Waals surface area contributed by atoms with Crippen LogP contribution >= 0.6 is 0 Å². The fourth-order valence-corrected chi connectivity index (χ4v) is 2.61. The summed E-state index contributed by atoms with van der Waals surface area (Å²) in [6.45, 7) is 0.693. The molecule has 0 aliphatic carbocycles. The van der Waals surface area contributed by atoms with E-state index in [0.717, 1.165) is 10.8 Å². The van der Waals surface area contributed by atoms with E-state index in [1.54, 1.807) is 7.11 Å². The van der Waals surface area contributed by atoms with Crippen molar-refractivity contribution in [3.05, 3.63) is 66.7 Å². The summed E-state index contributed by atoms with van der Waals surface area (Å²) in [6.07, 6.45) is 0. The number of carbonyl (C=O) groups excluding carboxylic acids is 1. The fourth-order valence-electron chi connectivity index (χ4n) is 2.61. The number of nitrogens with one attached hydrogen (secondary N) is 1. The van der Waals surface area contributed by atoms with Gasteiger partial charge in [-0.3, -0.25) is 4.79 Å². The van der Waals surface area contributed by atoms with Gasteiger partial charge in [-0.1, -0.05) is 48.5 Å². The molecule has 26 heavy (non-hydrogen) atoms. The Morgan fingerprint density at radius 3 is 2.38 bits per heavy atom. The predicted molar refractivity (Wildman–Crippen MR) is 101 cm³/mol. The molecule has 0 spiro atoms. The number of methoxy groups -OCH3 is 1. The second-order valence-corrected chi connectivity index (χ2v) is 5.62. The van der Waals surface area contributed by atoms with Gasteiger partial charge < -0.3 is 19.5 Å². The van der Waals surface area contributed by atoms with E-state index in [-0.39, 0.29) is 12.5 Å². The van der Waals surface area contributed by atoms with Crippen LogP contribution in [-0.2, 0) is 4.79 Å². The number of hydrogen-bond donors (Lipinski definition) is 1. The molecule has 0 aliphatic heterocycles. The van der Waals surface area contributed by atoms with E-state index in [1.165, 1.54) is 0 Å². The van der Waals surface area contributed by atoms with Gasteiger partial charge in [0.2, 0.25) is 0 Å². The van der Waals surface area contributed by atoms with Crippen LogP contribution in [0.3, 0.4) is 0 Å². The van der Waals surface area contributed by atoms with Gasteiger partial charge in [0.05, 0.1) is 13.7 Å². The van der Waals surface area contributed by atoms with E-state index in [0.29, 0.717) is 30.4 Å². The molecule has 0 aliphatic rings. The zero-order valence-electron chi connectivity index (χ0n) is 14.6. The molecule has 0 saturated carbocycles. The molecule has 5 nitrogen and oxygen atoms in total. The summed E-state index contributed by atoms with van der Waals surface area (Å²) in [5.74, 6) is 1.82. The molecule has 0 heterocycles. The smallest absolute Gasteiger partial charge is 0.258 e. The minimum Gasteiger partial charge on any atom is -0.493 e. The van der Waals surface area contributed by atoms with Crippen molar-refractivity contribution < 1.29 is 19.0 Å². The molecule has 0 unspecified atom stereocenters. The zero-order chi connectivity index (χ0) is 18.2. The van der Waals surface area contributed by atoms with Crippen LogP contribution in [-0.4, -0.2) is 32.8 Å². The van der Waals surface area contributed by atoms with Crippen LogP contribution in [0.25, 0.3) is 10.8 Å². The topological polar surface area (TPSA) is 56.8 Å². The lowest BCUT2D eigenvalue weighted by atomic mass is 10.1. The molecule has 0 atom stereocenters. The molecule has 5 heteroatoms. The Morgan fingerprint density at radius 1 is 0.846 bits per heavy atom. The highest BCUT2D eigenvalue weighted by Crippen LogP contribution is 2.26. The average Bonchev–Trinajstić information content (AvgIpc) is 2.70. The van der Waals surface area contributed by atoms with Crippen molar-refractivity contribution >= 4 is 16.7 Å². The van der Waals surface area contributed by atoms with E-state index < -0.39 is 0 Å². The number of para-hydroxylation sites is 2. The third kappa shape index (κ3) is 4.45. The van der Waals surface area contributed by atoms with Crippen LogP contribution in [0.1, 0.15) is 0 Å². The third-order valence-electron chi connectivity index (χ3n) is 3.86. The molecule has 3 aromatic carbocycles. The largest absolute Gasteiger partial charge is 0.493 e. The summed E-state index contributed by atoms with van der Waals surface area (Å²) in [5, 5.41) is 4.85. The number of carbonyl (C=O) groups is 1. The molecule has 1 amide bonds. The molecule has 0 aromatic heterocycles. The standard InChI is InChI=1S/C21H21NO4/c1-24-19-10-4-5-11-20(19)25-14-13-22-21(23)15-26-18-12-6-8-16-7-2-3-9-17(16)18/h2-12H,13-15H2,1H3,(H,22,23). The molecular formula is C21H21NO4. The molecule has 3 aromatic rings. The Labute approximate surface area is 152 Å². The van der Waals surface area contributed by atoms with E-state index in [2.05, 4.69) is 5.32 Å². The molecular weight excluding hydrogens is 330 g/mol. The summed E-state index contributed by atoms with van der Waals surface area (Å²) in [7, 11) is 1.59. The van der Waals surface area contributed by atoms with Crippen molar-refractivity contribution in [2.45, 2.75) is 0 Å². The SMILES string of the molecule is COc1ccccc1OCCNC(=O)COc1cccc2ccccc12. The molecule has 134 valence electrons. The van der Waals surface area contributed by atoms with Crippen molar-refractivity contribution in [2.75, 3.05) is 26.9 Å². The van der Waals surface area contributed by atoms with Crippen molar-refractivity contribution in [3.63, 3.8) is 0 Å². The van der Waals surface area contributed by atoms with E-state index in [4.69, 9.17) is 14.2 Å². The van der Waals surface area contributed by atoms with Gasteiger partial charge in [0.15, 0.2) is 18.1 Å². The minimum absolute atomic E-state index is 0.0390. The molecule has 0 fully saturated rings. The first-order valence-corrected chi connectivity index (χ1v) is 8.41. The number of rotatable bonds is 8. The number of fused-ring (bicyclic) bond motifs is 1. The van der Waals surface area contributed by atoms with E-state index in [9.17, 15) is 4.79 Å². The lowest BCUT2D eigenvalue weighted by Crippen LogP contribution is -2.32. The van der Waals surface area contributed by atoms with Gasteiger partial charge in [-0.25, -0.2) is 0 Å². The summed E-state index contributed by atoms with van der Waals surface area (Å²) in [6, 6.07) is 21.1. The lowest BCUT2D eigenvalue weighted by molar-refractivity contribution is -0.123. The Kier molecular flexibility index (Phi) is 5.93. The predicted octanol–water partition coefficient (Wildman–Crippen LogP) is 3.42. The maximum atomic E-state index is 12.0. The lowest BCUT2D eigenvalue weighted by Gasteiger charge is -2.12. The first-order valence-electron chi connectivity index (χ1n) is 8.41. The molecule has 0 saturated heterocycles. The normalized spacial score (nSPS) is 10.3. The first-order chi connectivity index (χ1) is 12.8. The van der Waals surface area contributed by atoms with Crippen molar-refractivity contribution in [1.29, 1.82) is 0 Å². The van der Waals surface area contributed by atoms with Gasteiger partial charge in [-0.2, -0.15) is 0 Å². The van der Waals surface area contributed by atoms with Gasteiger partial charge >= 0.3 is 0 Å². The Hall–Kier alpha value is -3.21. The zero-order valence-corrected chi connectivity index (χ0v) is 14.6. The van der Waals surface area contributed by atoms with Crippen molar-refractivity contribution in [3.8, 4) is 17.2 Å². The third-order valence-corrected chi connectivity index (χ3v) is 3.86. The van der Waals surface area contributed by atoms with E-state index >= 15 is 0 Å². The van der Waals surface area contributed by atoms with Crippen molar-refractivity contribution in [1.82, 2.24) is 5.32 Å². The number of ether oxygens (including phenoxy) is 3. The number of hydrogen-bond acceptors (Lipinski definition) is 4. The number of benzene rings is 3. The first kappa shape index (κ1) is 17.6. The quantitative estimate of drug-likeness (QED) is 0.632.